The number of rotatable bonds is 5. The summed E-state index contributed by atoms with van der Waals surface area (Å²) in [6.45, 7) is 0.439. The fraction of sp³-hybridized carbons (Fsp3) is 0.533. The van der Waals surface area contributed by atoms with Gasteiger partial charge in [-0.1, -0.05) is 12.5 Å². The zero-order valence-corrected chi connectivity index (χ0v) is 11.8. The summed E-state index contributed by atoms with van der Waals surface area (Å²) in [6.07, 6.45) is 2.63. The van der Waals surface area contributed by atoms with E-state index >= 15 is 0 Å². The summed E-state index contributed by atoms with van der Waals surface area (Å²) in [6, 6.07) is 3.64. The first kappa shape index (κ1) is 15.6. The van der Waals surface area contributed by atoms with Crippen LogP contribution in [0.25, 0.3) is 0 Å². The van der Waals surface area contributed by atoms with E-state index in [0.717, 1.165) is 19.3 Å². The molecule has 6 N–H and O–H groups in total. The molecule has 0 aromatic heterocycles. The lowest BCUT2D eigenvalue weighted by Gasteiger charge is -2.17. The summed E-state index contributed by atoms with van der Waals surface area (Å²) in [5.41, 5.74) is 6.51. The van der Waals surface area contributed by atoms with Gasteiger partial charge in [0.1, 0.15) is 0 Å². The average Bonchev–Trinajstić information content (AvgIpc) is 2.85. The Balaban J connectivity index is 1.83. The van der Waals surface area contributed by atoms with Gasteiger partial charge in [-0.05, 0) is 37.0 Å². The van der Waals surface area contributed by atoms with Crippen LogP contribution in [0.5, 0.6) is 11.5 Å². The smallest absolute Gasteiger partial charge is 0.237 e. The number of nitrogens with two attached hydrogens (primary N) is 1. The number of benzene rings is 1. The van der Waals surface area contributed by atoms with Gasteiger partial charge in [0.25, 0.3) is 0 Å². The number of hydrogen-bond acceptors (Lipinski definition) is 5. The molecular weight excluding hydrogens is 272 g/mol. The van der Waals surface area contributed by atoms with E-state index in [0.29, 0.717) is 12.1 Å². The van der Waals surface area contributed by atoms with Crippen molar-refractivity contribution >= 4 is 5.91 Å². The van der Waals surface area contributed by atoms with Crippen molar-refractivity contribution in [3.8, 4) is 11.5 Å². The van der Waals surface area contributed by atoms with Crippen molar-refractivity contribution in [3.05, 3.63) is 23.8 Å². The second kappa shape index (κ2) is 6.78. The third-order valence-electron chi connectivity index (χ3n) is 3.99. The number of aromatic hydroxyl groups is 2. The highest BCUT2D eigenvalue weighted by atomic mass is 16.3. The fourth-order valence-electron chi connectivity index (χ4n) is 2.66. The average molecular weight is 294 g/mol. The lowest BCUT2D eigenvalue weighted by molar-refractivity contribution is -0.122. The van der Waals surface area contributed by atoms with Crippen LogP contribution in [0.1, 0.15) is 24.8 Å². The van der Waals surface area contributed by atoms with E-state index in [-0.39, 0.29) is 35.8 Å². The van der Waals surface area contributed by atoms with E-state index < -0.39 is 6.04 Å². The Labute approximate surface area is 123 Å². The van der Waals surface area contributed by atoms with Crippen LogP contribution in [0.15, 0.2) is 18.2 Å². The molecule has 1 aliphatic rings. The molecule has 0 saturated heterocycles. The predicted molar refractivity (Wildman–Crippen MR) is 77.8 cm³/mol. The minimum absolute atomic E-state index is 0.110. The van der Waals surface area contributed by atoms with Crippen molar-refractivity contribution in [1.82, 2.24) is 5.32 Å². The molecule has 1 aromatic rings. The van der Waals surface area contributed by atoms with Crippen LogP contribution in [0.2, 0.25) is 0 Å². The molecule has 0 spiro atoms. The molecule has 1 fully saturated rings. The molecule has 0 bridgehead atoms. The molecule has 3 atom stereocenters. The zero-order chi connectivity index (χ0) is 15.4. The molecule has 2 rings (SSSR count). The number of carbonyl (C=O) groups is 1. The van der Waals surface area contributed by atoms with Gasteiger partial charge in [0.15, 0.2) is 11.5 Å². The molecule has 2 unspecified atom stereocenters. The van der Waals surface area contributed by atoms with Crippen LogP contribution in [0.4, 0.5) is 0 Å². The maximum Gasteiger partial charge on any atom is 0.237 e. The van der Waals surface area contributed by atoms with Crippen molar-refractivity contribution in [2.75, 3.05) is 6.54 Å². The molecule has 21 heavy (non-hydrogen) atoms. The Morgan fingerprint density at radius 3 is 2.71 bits per heavy atom. The van der Waals surface area contributed by atoms with Gasteiger partial charge in [-0.25, -0.2) is 0 Å². The molecule has 0 radical (unpaired) electrons. The summed E-state index contributed by atoms with van der Waals surface area (Å²) in [5, 5.41) is 31.1. The van der Waals surface area contributed by atoms with Crippen LogP contribution in [0, 0.1) is 5.92 Å². The molecular formula is C15H22N2O4. The first-order valence-electron chi connectivity index (χ1n) is 7.19. The van der Waals surface area contributed by atoms with Crippen LogP contribution >= 0.6 is 0 Å². The second-order valence-electron chi connectivity index (χ2n) is 5.64. The highest BCUT2D eigenvalue weighted by molar-refractivity contribution is 5.81. The number of phenols is 2. The van der Waals surface area contributed by atoms with E-state index in [4.69, 9.17) is 5.73 Å². The lowest BCUT2D eigenvalue weighted by Crippen LogP contribution is -2.44. The van der Waals surface area contributed by atoms with E-state index in [2.05, 4.69) is 5.32 Å². The van der Waals surface area contributed by atoms with Crippen LogP contribution in [-0.2, 0) is 11.2 Å². The van der Waals surface area contributed by atoms with Gasteiger partial charge in [0.2, 0.25) is 5.91 Å². The number of hydrogen-bond donors (Lipinski definition) is 5. The Kier molecular flexibility index (Phi) is 5.03. The third kappa shape index (κ3) is 4.09. The number of carbonyl (C=O) groups excluding carboxylic acids is 1. The molecule has 1 aromatic carbocycles. The Hall–Kier alpha value is -1.79. The minimum Gasteiger partial charge on any atom is -0.504 e. The van der Waals surface area contributed by atoms with Gasteiger partial charge in [-0.15, -0.1) is 0 Å². The van der Waals surface area contributed by atoms with Crippen molar-refractivity contribution in [2.45, 2.75) is 37.8 Å². The van der Waals surface area contributed by atoms with Crippen molar-refractivity contribution in [3.63, 3.8) is 0 Å². The fourth-order valence-corrected chi connectivity index (χ4v) is 2.66. The molecule has 6 nitrogen and oxygen atoms in total. The Morgan fingerprint density at radius 2 is 2.10 bits per heavy atom. The Bertz CT molecular complexity index is 506. The van der Waals surface area contributed by atoms with Crippen molar-refractivity contribution in [2.24, 2.45) is 11.7 Å². The van der Waals surface area contributed by atoms with Gasteiger partial charge < -0.3 is 26.4 Å². The monoisotopic (exact) mass is 294 g/mol. The van der Waals surface area contributed by atoms with E-state index in [1.54, 1.807) is 6.07 Å². The van der Waals surface area contributed by atoms with Gasteiger partial charge in [0.05, 0.1) is 12.1 Å². The number of nitrogens with one attached hydrogen (secondary N) is 1. The highest BCUT2D eigenvalue weighted by Crippen LogP contribution is 2.26. The van der Waals surface area contributed by atoms with Crippen LogP contribution in [-0.4, -0.2) is 39.9 Å². The SMILES string of the molecule is N[C@@H](Cc1ccc(O)c(O)c1)C(=O)NCC1CCCC1O. The first-order valence-corrected chi connectivity index (χ1v) is 7.19. The van der Waals surface area contributed by atoms with Gasteiger partial charge >= 0.3 is 0 Å². The largest absolute Gasteiger partial charge is 0.504 e. The van der Waals surface area contributed by atoms with E-state index in [1.807, 2.05) is 0 Å². The maximum absolute atomic E-state index is 11.9. The summed E-state index contributed by atoms with van der Waals surface area (Å²) >= 11 is 0. The highest BCUT2D eigenvalue weighted by Gasteiger charge is 2.26. The van der Waals surface area contributed by atoms with Gasteiger partial charge in [-0.2, -0.15) is 0 Å². The molecule has 1 saturated carbocycles. The predicted octanol–water partition coefficient (Wildman–Crippen LogP) is 0.245. The maximum atomic E-state index is 11.9. The van der Waals surface area contributed by atoms with Gasteiger partial charge in [0, 0.05) is 12.5 Å². The summed E-state index contributed by atoms with van der Waals surface area (Å²) in [7, 11) is 0. The Morgan fingerprint density at radius 1 is 1.33 bits per heavy atom. The molecule has 6 heteroatoms. The van der Waals surface area contributed by atoms with Crippen molar-refractivity contribution < 1.29 is 20.1 Å². The van der Waals surface area contributed by atoms with Crippen LogP contribution in [0.3, 0.4) is 0 Å². The molecule has 0 aliphatic heterocycles. The quantitative estimate of drug-likeness (QED) is 0.499. The first-order chi connectivity index (χ1) is 9.97. The van der Waals surface area contributed by atoms with Gasteiger partial charge in [-0.3, -0.25) is 4.79 Å². The normalized spacial score (nSPS) is 23.0. The second-order valence-corrected chi connectivity index (χ2v) is 5.64. The molecule has 1 aliphatic carbocycles. The lowest BCUT2D eigenvalue weighted by atomic mass is 10.0. The summed E-state index contributed by atoms with van der Waals surface area (Å²) in [5.74, 6) is -0.596. The zero-order valence-electron chi connectivity index (χ0n) is 11.8. The topological polar surface area (TPSA) is 116 Å². The summed E-state index contributed by atoms with van der Waals surface area (Å²) in [4.78, 5) is 11.9. The molecule has 1 amide bonds. The number of amides is 1. The standard InChI is InChI=1S/C15H22N2O4/c16-11(6-9-4-5-13(19)14(20)7-9)15(21)17-8-10-2-1-3-12(10)18/h4-5,7,10-12,18-20H,1-3,6,8,16H2,(H,17,21)/t10?,11-,12?/m0/s1. The molecule has 0 heterocycles. The van der Waals surface area contributed by atoms with E-state index in [1.165, 1.54) is 12.1 Å². The number of phenolic OH excluding ortho intramolecular Hbond substituents is 2. The molecule has 116 valence electrons. The van der Waals surface area contributed by atoms with Crippen LogP contribution < -0.4 is 11.1 Å². The van der Waals surface area contributed by atoms with Crippen molar-refractivity contribution in [1.29, 1.82) is 0 Å². The number of aliphatic hydroxyl groups excluding tert-OH is 1. The summed E-state index contributed by atoms with van der Waals surface area (Å²) < 4.78 is 0. The third-order valence-corrected chi connectivity index (χ3v) is 3.99. The number of aliphatic hydroxyl groups is 1. The van der Waals surface area contributed by atoms with E-state index in [9.17, 15) is 20.1 Å². The minimum atomic E-state index is -0.729.